The van der Waals surface area contributed by atoms with Gasteiger partial charge in [0.1, 0.15) is 6.29 Å². The highest BCUT2D eigenvalue weighted by Crippen LogP contribution is 2.33. The van der Waals surface area contributed by atoms with Crippen molar-refractivity contribution in [1.29, 1.82) is 0 Å². The average molecular weight is 235 g/mol. The summed E-state index contributed by atoms with van der Waals surface area (Å²) in [5.74, 6) is 0.618. The second-order valence-electron chi connectivity index (χ2n) is 5.88. The molecule has 0 aromatic heterocycles. The molecule has 96 valence electrons. The van der Waals surface area contributed by atoms with Crippen LogP contribution in [0.5, 0.6) is 0 Å². The summed E-state index contributed by atoms with van der Waals surface area (Å²) in [5.41, 5.74) is 0.563. The molecule has 0 spiro atoms. The van der Waals surface area contributed by atoms with Crippen LogP contribution in [0.3, 0.4) is 0 Å². The Morgan fingerprint density at radius 3 is 2.53 bits per heavy atom. The van der Waals surface area contributed by atoms with E-state index in [9.17, 15) is 4.79 Å². The first-order valence-corrected chi connectivity index (χ1v) is 6.47. The molecule has 0 saturated carbocycles. The van der Waals surface area contributed by atoms with Gasteiger partial charge in [-0.05, 0) is 31.8 Å². The number of hydrogen-bond acceptors (Lipinski definition) is 2. The van der Waals surface area contributed by atoms with E-state index in [1.165, 1.54) is 0 Å². The van der Waals surface area contributed by atoms with Gasteiger partial charge in [0.2, 0.25) is 0 Å². The normalized spacial score (nSPS) is 23.8. The molecule has 0 heterocycles. The van der Waals surface area contributed by atoms with Crippen molar-refractivity contribution in [2.75, 3.05) is 0 Å². The molecule has 0 fully saturated rings. The van der Waals surface area contributed by atoms with Crippen molar-refractivity contribution in [3.05, 3.63) is 23.9 Å². The number of carbonyl (C=O) groups is 1. The van der Waals surface area contributed by atoms with Gasteiger partial charge in [0.25, 0.3) is 0 Å². The highest BCUT2D eigenvalue weighted by Gasteiger charge is 2.39. The Bertz CT molecular complexity index is 341. The van der Waals surface area contributed by atoms with E-state index in [0.29, 0.717) is 5.92 Å². The molecule has 0 aromatic carbocycles. The van der Waals surface area contributed by atoms with Crippen LogP contribution < -0.4 is 5.32 Å². The van der Waals surface area contributed by atoms with E-state index >= 15 is 0 Å². The molecule has 0 saturated heterocycles. The van der Waals surface area contributed by atoms with E-state index < -0.39 is 0 Å². The minimum Gasteiger partial charge on any atom is -0.379 e. The summed E-state index contributed by atoms with van der Waals surface area (Å²) in [4.78, 5) is 11.2. The Balaban J connectivity index is 2.84. The summed E-state index contributed by atoms with van der Waals surface area (Å²) in [6.07, 6.45) is 9.60. The van der Waals surface area contributed by atoms with Crippen molar-refractivity contribution in [3.63, 3.8) is 0 Å². The molecule has 1 N–H and O–H groups in total. The minimum atomic E-state index is -0.376. The molecule has 0 amide bonds. The molecule has 1 rings (SSSR count). The van der Waals surface area contributed by atoms with Crippen LogP contribution in [-0.2, 0) is 4.79 Å². The topological polar surface area (TPSA) is 29.1 Å². The van der Waals surface area contributed by atoms with Gasteiger partial charge < -0.3 is 10.1 Å². The first-order valence-electron chi connectivity index (χ1n) is 6.47. The fourth-order valence-electron chi connectivity index (χ4n) is 1.97. The molecular formula is C15H25NO. The van der Waals surface area contributed by atoms with Gasteiger partial charge in [0.15, 0.2) is 0 Å². The van der Waals surface area contributed by atoms with Crippen LogP contribution in [0.15, 0.2) is 23.9 Å². The van der Waals surface area contributed by atoms with Crippen molar-refractivity contribution in [2.45, 2.75) is 53.0 Å². The lowest BCUT2D eigenvalue weighted by Gasteiger charge is -2.42. The summed E-state index contributed by atoms with van der Waals surface area (Å²) in [6, 6.07) is 0. The highest BCUT2D eigenvalue weighted by atomic mass is 16.1. The third-order valence-electron chi connectivity index (χ3n) is 4.16. The molecule has 0 bridgehead atoms. The molecule has 2 atom stereocenters. The Morgan fingerprint density at radius 2 is 2.12 bits per heavy atom. The monoisotopic (exact) mass is 235 g/mol. The number of rotatable bonds is 5. The molecule has 2 unspecified atom stereocenters. The quantitative estimate of drug-likeness (QED) is 0.739. The number of hydrogen-bond donors (Lipinski definition) is 1. The Kier molecular flexibility index (Phi) is 4.18. The summed E-state index contributed by atoms with van der Waals surface area (Å²) in [6.45, 7) is 10.4. The Labute approximate surface area is 105 Å². The Morgan fingerprint density at radius 1 is 1.47 bits per heavy atom. The van der Waals surface area contributed by atoms with E-state index in [0.717, 1.165) is 24.8 Å². The predicted octanol–water partition coefficient (Wildman–Crippen LogP) is 3.45. The van der Waals surface area contributed by atoms with Crippen LogP contribution in [0.2, 0.25) is 0 Å². The van der Waals surface area contributed by atoms with Gasteiger partial charge >= 0.3 is 0 Å². The molecule has 0 aromatic rings. The van der Waals surface area contributed by atoms with Gasteiger partial charge in [0, 0.05) is 16.7 Å². The molecule has 2 heteroatoms. The van der Waals surface area contributed by atoms with Gasteiger partial charge in [0.05, 0.1) is 0 Å². The van der Waals surface area contributed by atoms with E-state index in [4.69, 9.17) is 0 Å². The highest BCUT2D eigenvalue weighted by molar-refractivity contribution is 5.61. The van der Waals surface area contributed by atoms with E-state index in [1.54, 1.807) is 0 Å². The smallest absolute Gasteiger partial charge is 0.127 e. The maximum atomic E-state index is 11.2. The zero-order valence-corrected chi connectivity index (χ0v) is 11.7. The van der Waals surface area contributed by atoms with E-state index in [-0.39, 0.29) is 11.0 Å². The van der Waals surface area contributed by atoms with Crippen LogP contribution in [0, 0.1) is 11.3 Å². The lowest BCUT2D eigenvalue weighted by molar-refractivity contribution is -0.118. The van der Waals surface area contributed by atoms with Crippen molar-refractivity contribution >= 4 is 6.29 Å². The van der Waals surface area contributed by atoms with Gasteiger partial charge in [-0.1, -0.05) is 39.8 Å². The second kappa shape index (κ2) is 5.07. The molecule has 17 heavy (non-hydrogen) atoms. The zero-order chi connectivity index (χ0) is 13.1. The van der Waals surface area contributed by atoms with Crippen molar-refractivity contribution in [3.8, 4) is 0 Å². The molecule has 1 aliphatic carbocycles. The van der Waals surface area contributed by atoms with Gasteiger partial charge in [-0.25, -0.2) is 0 Å². The summed E-state index contributed by atoms with van der Waals surface area (Å²) >= 11 is 0. The molecule has 0 aliphatic heterocycles. The molecular weight excluding hydrogens is 210 g/mol. The summed E-state index contributed by atoms with van der Waals surface area (Å²) in [5, 5.41) is 3.54. The molecule has 1 aliphatic rings. The molecule has 2 nitrogen and oxygen atoms in total. The number of aldehydes is 1. The third-order valence-corrected chi connectivity index (χ3v) is 4.16. The molecule has 0 radical (unpaired) electrons. The van der Waals surface area contributed by atoms with Crippen LogP contribution >= 0.6 is 0 Å². The SMILES string of the molecule is CCC(C)(NC1=CCC(C)C=C1)C(C)(C)C=O. The maximum Gasteiger partial charge on any atom is 0.127 e. The first kappa shape index (κ1) is 14.0. The number of nitrogens with one attached hydrogen (secondary N) is 1. The second-order valence-corrected chi connectivity index (χ2v) is 5.88. The van der Waals surface area contributed by atoms with Crippen molar-refractivity contribution in [1.82, 2.24) is 5.32 Å². The minimum absolute atomic E-state index is 0.203. The van der Waals surface area contributed by atoms with Crippen LogP contribution in [-0.4, -0.2) is 11.8 Å². The van der Waals surface area contributed by atoms with Crippen LogP contribution in [0.25, 0.3) is 0 Å². The van der Waals surface area contributed by atoms with Crippen LogP contribution in [0.4, 0.5) is 0 Å². The van der Waals surface area contributed by atoms with Crippen LogP contribution in [0.1, 0.15) is 47.5 Å². The lowest BCUT2D eigenvalue weighted by Crippen LogP contribution is -2.53. The summed E-state index contributed by atoms with van der Waals surface area (Å²) in [7, 11) is 0. The van der Waals surface area contributed by atoms with Gasteiger partial charge in [-0.2, -0.15) is 0 Å². The van der Waals surface area contributed by atoms with Crippen molar-refractivity contribution < 1.29 is 4.79 Å². The Hall–Kier alpha value is -1.05. The fourth-order valence-corrected chi connectivity index (χ4v) is 1.97. The summed E-state index contributed by atoms with van der Waals surface area (Å²) < 4.78 is 0. The lowest BCUT2D eigenvalue weighted by atomic mass is 9.72. The maximum absolute atomic E-state index is 11.2. The van der Waals surface area contributed by atoms with Gasteiger partial charge in [-0.3, -0.25) is 0 Å². The third kappa shape index (κ3) is 2.99. The zero-order valence-electron chi connectivity index (χ0n) is 11.7. The fraction of sp³-hybridized carbons (Fsp3) is 0.667. The average Bonchev–Trinajstić information content (AvgIpc) is 2.31. The first-order chi connectivity index (χ1) is 7.84. The van der Waals surface area contributed by atoms with E-state index in [2.05, 4.69) is 44.3 Å². The van der Waals surface area contributed by atoms with E-state index in [1.807, 2.05) is 13.8 Å². The standard InChI is InChI=1S/C15H25NO/c1-6-15(5,14(3,4)11-17)16-13-9-7-12(2)8-10-13/h7,9-12,16H,6,8H2,1-5H3. The largest absolute Gasteiger partial charge is 0.379 e. The van der Waals surface area contributed by atoms with Gasteiger partial charge in [-0.15, -0.1) is 0 Å². The predicted molar refractivity (Wildman–Crippen MR) is 72.7 cm³/mol. The number of allylic oxidation sites excluding steroid dienone is 3. The number of carbonyl (C=O) groups excluding carboxylic acids is 1. The van der Waals surface area contributed by atoms with Crippen molar-refractivity contribution in [2.24, 2.45) is 11.3 Å².